The van der Waals surface area contributed by atoms with Crippen LogP contribution in [0.1, 0.15) is 19.4 Å². The fourth-order valence-corrected chi connectivity index (χ4v) is 2.06. The number of terminal acetylenes is 1. The third kappa shape index (κ3) is 5.06. The smallest absolute Gasteiger partial charge is 0.162 e. The van der Waals surface area contributed by atoms with E-state index in [1.807, 2.05) is 56.3 Å². The van der Waals surface area contributed by atoms with Crippen molar-refractivity contribution >= 4 is 11.9 Å². The zero-order chi connectivity index (χ0) is 17.2. The van der Waals surface area contributed by atoms with Gasteiger partial charge in [0.25, 0.3) is 0 Å². The Kier molecular flexibility index (Phi) is 6.73. The van der Waals surface area contributed by atoms with Crippen molar-refractivity contribution in [2.75, 3.05) is 19.8 Å². The molecule has 0 fully saturated rings. The zero-order valence-corrected chi connectivity index (χ0v) is 14.0. The van der Waals surface area contributed by atoms with E-state index in [2.05, 4.69) is 10.9 Å². The van der Waals surface area contributed by atoms with E-state index in [1.54, 1.807) is 6.21 Å². The first-order valence-electron chi connectivity index (χ1n) is 7.86. The van der Waals surface area contributed by atoms with Gasteiger partial charge in [-0.15, -0.1) is 6.42 Å². The van der Waals surface area contributed by atoms with Gasteiger partial charge in [-0.3, -0.25) is 4.99 Å². The van der Waals surface area contributed by atoms with Gasteiger partial charge in [0.15, 0.2) is 11.5 Å². The fourth-order valence-electron chi connectivity index (χ4n) is 2.06. The van der Waals surface area contributed by atoms with Crippen LogP contribution < -0.4 is 14.2 Å². The summed E-state index contributed by atoms with van der Waals surface area (Å²) in [5, 5.41) is 0. The lowest BCUT2D eigenvalue weighted by atomic mass is 10.2. The van der Waals surface area contributed by atoms with Crippen LogP contribution in [0.5, 0.6) is 17.2 Å². The van der Waals surface area contributed by atoms with Crippen LogP contribution in [-0.4, -0.2) is 26.0 Å². The molecule has 0 aliphatic rings. The Morgan fingerprint density at radius 2 is 1.71 bits per heavy atom. The summed E-state index contributed by atoms with van der Waals surface area (Å²) in [6.45, 7) is 5.28. The molecule has 124 valence electrons. The van der Waals surface area contributed by atoms with Gasteiger partial charge in [0.2, 0.25) is 0 Å². The molecule has 4 heteroatoms. The van der Waals surface area contributed by atoms with Gasteiger partial charge in [-0.2, -0.15) is 0 Å². The molecule has 0 heterocycles. The highest BCUT2D eigenvalue weighted by molar-refractivity contribution is 5.83. The SMILES string of the molecule is C#CCOc1ccc(C=Nc2ccc(OCC)cc2)cc1OCC. The molecule has 0 saturated carbocycles. The Balaban J connectivity index is 2.13. The van der Waals surface area contributed by atoms with Gasteiger partial charge < -0.3 is 14.2 Å². The molecule has 0 spiro atoms. The summed E-state index contributed by atoms with van der Waals surface area (Å²) in [5.41, 5.74) is 1.77. The monoisotopic (exact) mass is 323 g/mol. The van der Waals surface area contributed by atoms with Crippen LogP contribution in [0.25, 0.3) is 0 Å². The molecule has 2 aromatic rings. The maximum atomic E-state index is 5.60. The molecule has 0 atom stereocenters. The minimum atomic E-state index is 0.208. The summed E-state index contributed by atoms with van der Waals surface area (Å²) >= 11 is 0. The summed E-state index contributed by atoms with van der Waals surface area (Å²) in [7, 11) is 0. The first-order valence-corrected chi connectivity index (χ1v) is 7.86. The standard InChI is InChI=1S/C20H21NO3/c1-4-13-24-19-12-7-16(14-20(19)23-6-3)15-21-17-8-10-18(11-9-17)22-5-2/h1,7-12,14-15H,5-6,13H2,2-3H3. The maximum absolute atomic E-state index is 5.60. The number of aliphatic imine (C=N–C) groups is 1. The van der Waals surface area contributed by atoms with Crippen molar-refractivity contribution in [1.29, 1.82) is 0 Å². The summed E-state index contributed by atoms with van der Waals surface area (Å²) < 4.78 is 16.5. The second-order valence-corrected chi connectivity index (χ2v) is 4.82. The number of rotatable bonds is 8. The number of ether oxygens (including phenoxy) is 3. The molecule has 0 aromatic heterocycles. The van der Waals surface area contributed by atoms with E-state index in [9.17, 15) is 0 Å². The molecule has 0 radical (unpaired) electrons. The molecule has 2 rings (SSSR count). The quantitative estimate of drug-likeness (QED) is 0.539. The third-order valence-electron chi connectivity index (χ3n) is 3.09. The van der Waals surface area contributed by atoms with Crippen LogP contribution in [0.3, 0.4) is 0 Å². The summed E-state index contributed by atoms with van der Waals surface area (Å²) in [4.78, 5) is 4.46. The molecule has 24 heavy (non-hydrogen) atoms. The Hall–Kier alpha value is -2.93. The highest BCUT2D eigenvalue weighted by Crippen LogP contribution is 2.28. The van der Waals surface area contributed by atoms with Crippen molar-refractivity contribution in [2.45, 2.75) is 13.8 Å². The molecular formula is C20H21NO3. The van der Waals surface area contributed by atoms with Crippen molar-refractivity contribution < 1.29 is 14.2 Å². The second kappa shape index (κ2) is 9.26. The maximum Gasteiger partial charge on any atom is 0.162 e. The van der Waals surface area contributed by atoms with E-state index in [-0.39, 0.29) is 6.61 Å². The Labute approximate surface area is 143 Å². The van der Waals surface area contributed by atoms with Gasteiger partial charge in [-0.25, -0.2) is 0 Å². The summed E-state index contributed by atoms with van der Waals surface area (Å²) in [6, 6.07) is 13.3. The van der Waals surface area contributed by atoms with E-state index in [1.165, 1.54) is 0 Å². The molecule has 0 amide bonds. The lowest BCUT2D eigenvalue weighted by molar-refractivity contribution is 0.299. The highest BCUT2D eigenvalue weighted by atomic mass is 16.5. The van der Waals surface area contributed by atoms with Gasteiger partial charge in [0, 0.05) is 6.21 Å². The normalized spacial score (nSPS) is 10.4. The van der Waals surface area contributed by atoms with Crippen molar-refractivity contribution in [2.24, 2.45) is 4.99 Å². The van der Waals surface area contributed by atoms with Crippen LogP contribution in [0, 0.1) is 12.3 Å². The Morgan fingerprint density at radius 1 is 0.958 bits per heavy atom. The van der Waals surface area contributed by atoms with Crippen LogP contribution in [0.4, 0.5) is 5.69 Å². The second-order valence-electron chi connectivity index (χ2n) is 4.82. The van der Waals surface area contributed by atoms with Crippen molar-refractivity contribution in [3.8, 4) is 29.6 Å². The molecule has 0 N–H and O–H groups in total. The van der Waals surface area contributed by atoms with Crippen molar-refractivity contribution in [3.05, 3.63) is 48.0 Å². The Morgan fingerprint density at radius 3 is 2.38 bits per heavy atom. The van der Waals surface area contributed by atoms with E-state index < -0.39 is 0 Å². The lowest BCUT2D eigenvalue weighted by Crippen LogP contribution is -1.99. The van der Waals surface area contributed by atoms with Gasteiger partial charge in [-0.1, -0.05) is 5.92 Å². The number of benzene rings is 2. The van der Waals surface area contributed by atoms with Crippen LogP contribution in [-0.2, 0) is 0 Å². The predicted octanol–water partition coefficient (Wildman–Crippen LogP) is 4.25. The van der Waals surface area contributed by atoms with E-state index >= 15 is 0 Å². The first kappa shape index (κ1) is 17.4. The van der Waals surface area contributed by atoms with Crippen molar-refractivity contribution in [1.82, 2.24) is 0 Å². The average molecular weight is 323 g/mol. The summed E-state index contributed by atoms with van der Waals surface area (Å²) in [5.74, 6) is 4.57. The number of nitrogens with zero attached hydrogens (tertiary/aromatic N) is 1. The molecule has 0 unspecified atom stereocenters. The molecule has 0 bridgehead atoms. The van der Waals surface area contributed by atoms with E-state index in [4.69, 9.17) is 20.6 Å². The minimum Gasteiger partial charge on any atom is -0.494 e. The predicted molar refractivity (Wildman–Crippen MR) is 96.8 cm³/mol. The van der Waals surface area contributed by atoms with Gasteiger partial charge in [0.1, 0.15) is 12.4 Å². The molecule has 2 aromatic carbocycles. The number of hydrogen-bond acceptors (Lipinski definition) is 4. The fraction of sp³-hybridized carbons (Fsp3) is 0.250. The molecule has 0 aliphatic carbocycles. The lowest BCUT2D eigenvalue weighted by Gasteiger charge is -2.10. The van der Waals surface area contributed by atoms with Crippen molar-refractivity contribution in [3.63, 3.8) is 0 Å². The zero-order valence-electron chi connectivity index (χ0n) is 14.0. The molecule has 4 nitrogen and oxygen atoms in total. The van der Waals surface area contributed by atoms with Crippen LogP contribution >= 0.6 is 0 Å². The first-order chi connectivity index (χ1) is 11.8. The topological polar surface area (TPSA) is 40.0 Å². The Bertz CT molecular complexity index is 715. The third-order valence-corrected chi connectivity index (χ3v) is 3.09. The molecule has 0 saturated heterocycles. The summed E-state index contributed by atoms with van der Waals surface area (Å²) in [6.07, 6.45) is 7.01. The van der Waals surface area contributed by atoms with E-state index in [0.717, 1.165) is 17.0 Å². The minimum absolute atomic E-state index is 0.208. The van der Waals surface area contributed by atoms with Crippen LogP contribution in [0.15, 0.2) is 47.5 Å². The molecular weight excluding hydrogens is 302 g/mol. The molecule has 0 aliphatic heterocycles. The highest BCUT2D eigenvalue weighted by Gasteiger charge is 2.05. The average Bonchev–Trinajstić information content (AvgIpc) is 2.61. The van der Waals surface area contributed by atoms with Gasteiger partial charge in [-0.05, 0) is 61.9 Å². The number of hydrogen-bond donors (Lipinski definition) is 0. The van der Waals surface area contributed by atoms with Gasteiger partial charge in [0.05, 0.1) is 18.9 Å². The van der Waals surface area contributed by atoms with Crippen LogP contribution in [0.2, 0.25) is 0 Å². The van der Waals surface area contributed by atoms with Gasteiger partial charge >= 0.3 is 0 Å². The van der Waals surface area contributed by atoms with E-state index in [0.29, 0.717) is 24.7 Å². The largest absolute Gasteiger partial charge is 0.494 e.